The number of hydrogen-bond donors (Lipinski definition) is 2. The van der Waals surface area contributed by atoms with Crippen molar-refractivity contribution in [3.05, 3.63) is 22.9 Å². The van der Waals surface area contributed by atoms with E-state index in [1.807, 2.05) is 26.0 Å². The summed E-state index contributed by atoms with van der Waals surface area (Å²) in [6.07, 6.45) is -0.213. The number of hydrogen-bond acceptors (Lipinski definition) is 6. The second-order valence-electron chi connectivity index (χ2n) is 4.48. The van der Waals surface area contributed by atoms with Crippen molar-refractivity contribution in [2.24, 2.45) is 0 Å². The third-order valence-corrected chi connectivity index (χ3v) is 35.8. The fourth-order valence-corrected chi connectivity index (χ4v) is 24.9. The zero-order valence-corrected chi connectivity index (χ0v) is 45.9. The summed E-state index contributed by atoms with van der Waals surface area (Å²) in [5.74, 6) is 0. The van der Waals surface area contributed by atoms with Crippen LogP contribution in [0.3, 0.4) is 0 Å². The Morgan fingerprint density at radius 3 is 1.00 bits per heavy atom. The third kappa shape index (κ3) is 135. The van der Waals surface area contributed by atoms with Crippen LogP contribution in [0.5, 0.6) is 0 Å². The molecule has 0 aliphatic heterocycles. The minimum absolute atomic E-state index is 0. The van der Waals surface area contributed by atoms with E-state index < -0.39 is 28.7 Å². The van der Waals surface area contributed by atoms with E-state index in [-0.39, 0.29) is 45.6 Å². The number of halogens is 4. The van der Waals surface area contributed by atoms with Crippen LogP contribution in [0.15, 0.2) is 0 Å². The maximum absolute atomic E-state index is 8.29. The van der Waals surface area contributed by atoms with Gasteiger partial charge in [-0.15, -0.1) is 65.4 Å². The molecule has 0 amide bonds. The van der Waals surface area contributed by atoms with Gasteiger partial charge in [0.1, 0.15) is 0 Å². The van der Waals surface area contributed by atoms with Crippen molar-refractivity contribution in [1.29, 1.82) is 10.5 Å². The first-order valence-corrected chi connectivity index (χ1v) is 42.2. The molecule has 277 valence electrons. The van der Waals surface area contributed by atoms with E-state index in [1.54, 1.807) is 98.7 Å². The molecule has 0 aliphatic carbocycles. The van der Waals surface area contributed by atoms with Gasteiger partial charge in [-0.05, 0) is 6.99 Å². The summed E-state index contributed by atoms with van der Waals surface area (Å²) in [6, 6.07) is 3.86. The monoisotopic (exact) mass is 1390 g/mol. The summed E-state index contributed by atoms with van der Waals surface area (Å²) >= 11 is 10.5. The van der Waals surface area contributed by atoms with Gasteiger partial charge in [-0.3, -0.25) is 0 Å². The molecule has 0 fully saturated rings. The quantitative estimate of drug-likeness (QED) is 0.267. The summed E-state index contributed by atoms with van der Waals surface area (Å²) in [7, 11) is 41.7. The first kappa shape index (κ1) is 71.7. The third-order valence-electron chi connectivity index (χ3n) is 1.69. The average Bonchev–Trinajstić information content (AvgIpc) is 3.05. The Bertz CT molecular complexity index is 1010. The Morgan fingerprint density at radius 1 is 0.773 bits per heavy atom. The van der Waals surface area contributed by atoms with Crippen molar-refractivity contribution in [2.45, 2.75) is 38.9 Å². The normalized spacial score (nSPS) is 7.75. The zero-order valence-electron chi connectivity index (χ0n) is 22.3. The van der Waals surface area contributed by atoms with Crippen LogP contribution in [0.4, 0.5) is 0 Å². The Balaban J connectivity index is -0.0000000488. The van der Waals surface area contributed by atoms with Crippen LogP contribution in [-0.2, 0) is 155 Å². The molecule has 0 saturated heterocycles. The van der Waals surface area contributed by atoms with Crippen LogP contribution in [0.2, 0.25) is 0 Å². The SMILES string of the molecule is CCC#N.CCC#N.Cl.PPP(P)P.S=S=S=S=S=S=S=S=S=S=S=S=S.[Cl][Pt+2][Cl].[Cl][Pt].[NH-]CC(O)C[NH-].[NH-]CC(O)C[NH-]. The molecule has 0 saturated carbocycles. The van der Waals surface area contributed by atoms with E-state index in [4.69, 9.17) is 84.9 Å². The van der Waals surface area contributed by atoms with Gasteiger partial charge in [0.15, 0.2) is 0 Å². The minimum atomic E-state index is -0.731. The van der Waals surface area contributed by atoms with Gasteiger partial charge in [0, 0.05) is 145 Å². The maximum Gasteiger partial charge on any atom is 0.0162 e. The topological polar surface area (TPSA) is 183 Å². The summed E-state index contributed by atoms with van der Waals surface area (Å²) in [6.45, 7) is 3.66. The number of rotatable bonds is 5. The van der Waals surface area contributed by atoms with E-state index in [0.29, 0.717) is 12.8 Å². The Hall–Kier alpha value is 6.29. The van der Waals surface area contributed by atoms with E-state index in [0.717, 1.165) is 7.96 Å². The van der Waals surface area contributed by atoms with Crippen molar-refractivity contribution < 1.29 is 45.5 Å². The largest absolute Gasteiger partial charge is 0.675 e. The van der Waals surface area contributed by atoms with Crippen LogP contribution >= 0.6 is 82.4 Å². The fourth-order valence-electron chi connectivity index (χ4n) is 0.246. The number of aliphatic hydroxyl groups is 2. The van der Waals surface area contributed by atoms with Crippen LogP contribution in [0.25, 0.3) is 22.9 Å². The molecule has 8 nitrogen and oxygen atoms in total. The van der Waals surface area contributed by atoms with Crippen LogP contribution in [-0.4, -0.2) is 48.6 Å². The molecule has 4 unspecified atom stereocenters. The molecule has 0 aromatic carbocycles. The number of nitrogens with one attached hydrogen (secondary N) is 4. The molecule has 6 N–H and O–H groups in total. The van der Waals surface area contributed by atoms with Gasteiger partial charge in [0.25, 0.3) is 0 Å². The summed E-state index contributed by atoms with van der Waals surface area (Å²) in [5.41, 5.74) is 25.8. The molecule has 44 heavy (non-hydrogen) atoms. The van der Waals surface area contributed by atoms with Crippen LogP contribution < -0.4 is 0 Å². The Kier molecular flexibility index (Phi) is 142. The van der Waals surface area contributed by atoms with Crippen LogP contribution in [0, 0.1) is 22.7 Å². The van der Waals surface area contributed by atoms with Gasteiger partial charge in [-0.25, -0.2) is 0 Å². The molecular weight excluding hydrogens is 1360 g/mol. The van der Waals surface area contributed by atoms with Crippen molar-refractivity contribution in [1.82, 2.24) is 0 Å². The summed E-state index contributed by atoms with van der Waals surface area (Å²) in [4.78, 5) is 0. The second-order valence-corrected chi connectivity index (χ2v) is 41.2. The average molecular weight is 1400 g/mol. The van der Waals surface area contributed by atoms with E-state index in [9.17, 15) is 0 Å². The predicted molar refractivity (Wildman–Crippen MR) is 245 cm³/mol. The molecule has 0 aromatic rings. The van der Waals surface area contributed by atoms with Crippen molar-refractivity contribution in [2.75, 3.05) is 26.2 Å². The molecule has 4 atom stereocenters. The standard InChI is InChI=1S/2C3H8N2O.2C3H5N.4ClH.H7P5.2Pt.S13/c2*4-1-3(6)2-5;2*1-2-3-4;;;;;1-4-5(2)3;;;1-3-5-7-9-11-13-12-10-8-6-4-2/h2*3-6H,1-2H2;2*2H2,1H3;4*1H;4H,1-3H2;;;/q2*-2;;;;;;;;+1;+4;/p-3. The summed E-state index contributed by atoms with van der Waals surface area (Å²) in [5, 5.41) is 31.8. The van der Waals surface area contributed by atoms with E-state index in [1.165, 1.54) is 17.8 Å². The van der Waals surface area contributed by atoms with Crippen LogP contribution in [0.1, 0.15) is 26.7 Å². The molecule has 0 spiro atoms. The number of aliphatic hydroxyl groups excluding tert-OH is 2. The first-order valence-electron chi connectivity index (χ1n) is 9.52. The van der Waals surface area contributed by atoms with Gasteiger partial charge >= 0.3 is 63.5 Å². The molecule has 0 bridgehead atoms. The van der Waals surface area contributed by atoms with Gasteiger partial charge < -0.3 is 33.1 Å². The van der Waals surface area contributed by atoms with E-state index in [2.05, 4.69) is 36.2 Å². The summed E-state index contributed by atoms with van der Waals surface area (Å²) < 4.78 is 0. The maximum atomic E-state index is 8.29. The zero-order chi connectivity index (χ0) is 35.6. The molecule has 0 heterocycles. The van der Waals surface area contributed by atoms with Crippen molar-refractivity contribution in [3.8, 4) is 12.1 Å². The Morgan fingerprint density at radius 2 is 0.932 bits per heavy atom. The minimum Gasteiger partial charge on any atom is -0.675 e. The predicted octanol–water partition coefficient (Wildman–Crippen LogP) is 7.63. The molecule has 0 rings (SSSR count). The second kappa shape index (κ2) is 87.3. The van der Waals surface area contributed by atoms with Gasteiger partial charge in [0.05, 0.1) is 12.1 Å². The first-order chi connectivity index (χ1) is 20.5. The molecule has 0 radical (unpaired) electrons. The van der Waals surface area contributed by atoms with Crippen molar-refractivity contribution >= 4 is 202 Å². The van der Waals surface area contributed by atoms with Gasteiger partial charge in [-0.1, -0.05) is 21.8 Å². The number of nitrogens with zero attached hydrogens (tertiary/aromatic N) is 2. The Labute approximate surface area is 352 Å². The van der Waals surface area contributed by atoms with Gasteiger partial charge in [-0.2, -0.15) is 10.5 Å². The molecular formula is C12H34Cl4N6O2P5Pt2S13-2. The fraction of sp³-hybridized carbons (Fsp3) is 0.833. The van der Waals surface area contributed by atoms with E-state index >= 15 is 0 Å². The molecule has 0 aliphatic rings. The molecule has 0 aromatic heterocycles. The van der Waals surface area contributed by atoms with Crippen molar-refractivity contribution in [3.63, 3.8) is 0 Å². The smallest absolute Gasteiger partial charge is 0.0162 e. The number of nitriles is 2. The molecule has 32 heteroatoms. The van der Waals surface area contributed by atoms with Gasteiger partial charge in [0.2, 0.25) is 0 Å².